The molecule has 1 N–H and O–H groups in total. The lowest BCUT2D eigenvalue weighted by atomic mass is 10.2. The maximum Gasteiger partial charge on any atom is 0.0991 e. The van der Waals surface area contributed by atoms with E-state index in [1.165, 1.54) is 0 Å². The molecule has 0 heterocycles. The fourth-order valence-corrected chi connectivity index (χ4v) is 1.61. The molecular weight excluding hydrogens is 192 g/mol. The molecule has 3 heteroatoms. The van der Waals surface area contributed by atoms with Gasteiger partial charge in [-0.1, -0.05) is 6.92 Å². The summed E-state index contributed by atoms with van der Waals surface area (Å²) in [5.41, 5.74) is 1.79. The van der Waals surface area contributed by atoms with Crippen molar-refractivity contribution in [2.75, 3.05) is 23.4 Å². The van der Waals surface area contributed by atoms with Crippen molar-refractivity contribution in [3.63, 3.8) is 0 Å². The van der Waals surface area contributed by atoms with E-state index in [-0.39, 0.29) is 0 Å². The SMILES string of the molecule is CCSCCNc1ccc(C#N)cc1. The molecule has 0 saturated carbocycles. The van der Waals surface area contributed by atoms with Crippen LogP contribution in [0.25, 0.3) is 0 Å². The molecule has 1 rings (SSSR count). The third kappa shape index (κ3) is 3.71. The Labute approximate surface area is 89.3 Å². The fourth-order valence-electron chi connectivity index (χ4n) is 1.07. The largest absolute Gasteiger partial charge is 0.384 e. The van der Waals surface area contributed by atoms with Gasteiger partial charge >= 0.3 is 0 Å². The van der Waals surface area contributed by atoms with E-state index >= 15 is 0 Å². The Balaban J connectivity index is 2.33. The van der Waals surface area contributed by atoms with Crippen LogP contribution in [0.1, 0.15) is 12.5 Å². The van der Waals surface area contributed by atoms with Crippen molar-refractivity contribution in [1.82, 2.24) is 0 Å². The molecule has 0 fully saturated rings. The van der Waals surface area contributed by atoms with E-state index in [1.54, 1.807) is 0 Å². The monoisotopic (exact) mass is 206 g/mol. The number of thioether (sulfide) groups is 1. The number of hydrogen-bond donors (Lipinski definition) is 1. The molecule has 1 aromatic rings. The molecule has 0 aliphatic carbocycles. The zero-order chi connectivity index (χ0) is 10.2. The van der Waals surface area contributed by atoms with Gasteiger partial charge in [-0.05, 0) is 30.0 Å². The summed E-state index contributed by atoms with van der Waals surface area (Å²) < 4.78 is 0. The molecular formula is C11H14N2S. The van der Waals surface area contributed by atoms with Crippen LogP contribution in [-0.2, 0) is 0 Å². The second kappa shape index (κ2) is 6.33. The normalized spacial score (nSPS) is 9.43. The van der Waals surface area contributed by atoms with Gasteiger partial charge in [-0.2, -0.15) is 17.0 Å². The van der Waals surface area contributed by atoms with Gasteiger partial charge in [0.1, 0.15) is 0 Å². The average Bonchev–Trinajstić information content (AvgIpc) is 2.25. The number of hydrogen-bond acceptors (Lipinski definition) is 3. The van der Waals surface area contributed by atoms with Gasteiger partial charge in [-0.15, -0.1) is 0 Å². The van der Waals surface area contributed by atoms with Crippen LogP contribution in [0.4, 0.5) is 5.69 Å². The smallest absolute Gasteiger partial charge is 0.0991 e. The van der Waals surface area contributed by atoms with Crippen molar-refractivity contribution < 1.29 is 0 Å². The van der Waals surface area contributed by atoms with E-state index in [2.05, 4.69) is 18.3 Å². The maximum absolute atomic E-state index is 8.60. The Morgan fingerprint density at radius 2 is 2.07 bits per heavy atom. The van der Waals surface area contributed by atoms with Gasteiger partial charge in [0, 0.05) is 18.0 Å². The first-order valence-electron chi connectivity index (χ1n) is 4.68. The number of rotatable bonds is 5. The van der Waals surface area contributed by atoms with Crippen molar-refractivity contribution in [3.05, 3.63) is 29.8 Å². The molecule has 0 bridgehead atoms. The second-order valence-corrected chi connectivity index (χ2v) is 4.21. The molecule has 0 saturated heterocycles. The standard InChI is InChI=1S/C11H14N2S/c1-2-14-8-7-13-11-5-3-10(9-12)4-6-11/h3-6,13H,2,7-8H2,1H3. The van der Waals surface area contributed by atoms with Crippen molar-refractivity contribution >= 4 is 17.4 Å². The first kappa shape index (κ1) is 10.9. The minimum absolute atomic E-state index is 0.707. The Bertz CT molecular complexity index is 300. The molecule has 74 valence electrons. The van der Waals surface area contributed by atoms with Gasteiger partial charge in [-0.25, -0.2) is 0 Å². The number of anilines is 1. The van der Waals surface area contributed by atoms with Crippen LogP contribution < -0.4 is 5.32 Å². The molecule has 0 aromatic heterocycles. The molecule has 2 nitrogen and oxygen atoms in total. The van der Waals surface area contributed by atoms with Gasteiger partial charge < -0.3 is 5.32 Å². The van der Waals surface area contributed by atoms with Gasteiger partial charge in [0.15, 0.2) is 0 Å². The first-order valence-corrected chi connectivity index (χ1v) is 5.84. The molecule has 0 unspecified atom stereocenters. The third-order valence-corrected chi connectivity index (χ3v) is 2.69. The number of nitrogens with zero attached hydrogens (tertiary/aromatic N) is 1. The van der Waals surface area contributed by atoms with Gasteiger partial charge in [0.05, 0.1) is 11.6 Å². The van der Waals surface area contributed by atoms with E-state index in [0.29, 0.717) is 5.56 Å². The Kier molecular flexibility index (Phi) is 4.95. The van der Waals surface area contributed by atoms with Gasteiger partial charge in [0.25, 0.3) is 0 Å². The predicted molar refractivity (Wildman–Crippen MR) is 62.6 cm³/mol. The number of benzene rings is 1. The summed E-state index contributed by atoms with van der Waals surface area (Å²) in [6, 6.07) is 9.64. The average molecular weight is 206 g/mol. The second-order valence-electron chi connectivity index (χ2n) is 2.81. The molecule has 14 heavy (non-hydrogen) atoms. The zero-order valence-corrected chi connectivity index (χ0v) is 9.10. The van der Waals surface area contributed by atoms with E-state index < -0.39 is 0 Å². The quantitative estimate of drug-likeness (QED) is 0.752. The topological polar surface area (TPSA) is 35.8 Å². The highest BCUT2D eigenvalue weighted by Gasteiger charge is 1.92. The van der Waals surface area contributed by atoms with Crippen LogP contribution in [-0.4, -0.2) is 18.1 Å². The molecule has 0 atom stereocenters. The summed E-state index contributed by atoms with van der Waals surface area (Å²) in [5.74, 6) is 2.28. The Morgan fingerprint density at radius 1 is 1.36 bits per heavy atom. The summed E-state index contributed by atoms with van der Waals surface area (Å²) in [6.45, 7) is 3.14. The number of nitrogens with one attached hydrogen (secondary N) is 1. The van der Waals surface area contributed by atoms with Gasteiger partial charge in [-0.3, -0.25) is 0 Å². The third-order valence-electron chi connectivity index (χ3n) is 1.79. The lowest BCUT2D eigenvalue weighted by molar-refractivity contribution is 1.22. The summed E-state index contributed by atoms with van der Waals surface area (Å²) in [5, 5.41) is 11.9. The van der Waals surface area contributed by atoms with Crippen LogP contribution in [0.15, 0.2) is 24.3 Å². The van der Waals surface area contributed by atoms with Crippen LogP contribution in [0, 0.1) is 11.3 Å². The lowest BCUT2D eigenvalue weighted by Gasteiger charge is -2.04. The highest BCUT2D eigenvalue weighted by Crippen LogP contribution is 2.08. The van der Waals surface area contributed by atoms with Gasteiger partial charge in [0.2, 0.25) is 0 Å². The molecule has 0 aliphatic heterocycles. The number of nitriles is 1. The van der Waals surface area contributed by atoms with Crippen molar-refractivity contribution in [2.24, 2.45) is 0 Å². The lowest BCUT2D eigenvalue weighted by Crippen LogP contribution is -2.03. The highest BCUT2D eigenvalue weighted by molar-refractivity contribution is 7.99. The molecule has 0 radical (unpaired) electrons. The van der Waals surface area contributed by atoms with Crippen LogP contribution >= 0.6 is 11.8 Å². The summed E-state index contributed by atoms with van der Waals surface area (Å²) in [6.07, 6.45) is 0. The molecule has 0 amide bonds. The maximum atomic E-state index is 8.60. The first-order chi connectivity index (χ1) is 6.86. The van der Waals surface area contributed by atoms with Crippen molar-refractivity contribution in [1.29, 1.82) is 5.26 Å². The molecule has 1 aromatic carbocycles. The predicted octanol–water partition coefficient (Wildman–Crippen LogP) is 2.72. The Hall–Kier alpha value is -1.14. The van der Waals surface area contributed by atoms with E-state index in [1.807, 2.05) is 36.0 Å². The van der Waals surface area contributed by atoms with E-state index in [4.69, 9.17) is 5.26 Å². The molecule has 0 aliphatic rings. The van der Waals surface area contributed by atoms with Crippen molar-refractivity contribution in [3.8, 4) is 6.07 Å². The van der Waals surface area contributed by atoms with Crippen LogP contribution in [0.3, 0.4) is 0 Å². The van der Waals surface area contributed by atoms with E-state index in [9.17, 15) is 0 Å². The minimum atomic E-state index is 0.707. The zero-order valence-electron chi connectivity index (χ0n) is 8.29. The van der Waals surface area contributed by atoms with Crippen LogP contribution in [0.5, 0.6) is 0 Å². The fraction of sp³-hybridized carbons (Fsp3) is 0.364. The summed E-state index contributed by atoms with van der Waals surface area (Å²) in [4.78, 5) is 0. The van der Waals surface area contributed by atoms with Crippen molar-refractivity contribution in [2.45, 2.75) is 6.92 Å². The highest BCUT2D eigenvalue weighted by atomic mass is 32.2. The summed E-state index contributed by atoms with van der Waals surface area (Å²) in [7, 11) is 0. The Morgan fingerprint density at radius 3 is 2.64 bits per heavy atom. The van der Waals surface area contributed by atoms with E-state index in [0.717, 1.165) is 23.7 Å². The minimum Gasteiger partial charge on any atom is -0.384 e. The molecule has 0 spiro atoms. The van der Waals surface area contributed by atoms with Crippen LogP contribution in [0.2, 0.25) is 0 Å². The summed E-state index contributed by atoms with van der Waals surface area (Å²) >= 11 is 1.92.